The average molecular weight is 191 g/mol. The first-order chi connectivity index (χ1) is 6.81. The molecule has 1 nitrogen and oxygen atoms in total. The zero-order chi connectivity index (χ0) is 9.97. The summed E-state index contributed by atoms with van der Waals surface area (Å²) in [7, 11) is 0. The molecule has 14 heavy (non-hydrogen) atoms. The second-order valence-electron chi connectivity index (χ2n) is 4.96. The van der Waals surface area contributed by atoms with Crippen LogP contribution in [0.2, 0.25) is 0 Å². The molecular weight excluding hydrogens is 170 g/mol. The maximum atomic E-state index is 6.20. The minimum absolute atomic E-state index is 0.414. The van der Waals surface area contributed by atoms with Gasteiger partial charge in [0.05, 0.1) is 0 Å². The summed E-state index contributed by atoms with van der Waals surface area (Å²) in [6.45, 7) is 1.90. The quantitative estimate of drug-likeness (QED) is 0.682. The van der Waals surface area contributed by atoms with E-state index < -0.39 is 0 Å². The van der Waals surface area contributed by atoms with E-state index in [-0.39, 0.29) is 0 Å². The molecule has 2 aliphatic carbocycles. The van der Waals surface area contributed by atoms with Gasteiger partial charge in [-0.25, -0.2) is 0 Å². The number of hydrogen-bond donors (Lipinski definition) is 1. The summed E-state index contributed by atoms with van der Waals surface area (Å²) in [5.74, 6) is 8.99. The van der Waals surface area contributed by atoms with E-state index in [1.54, 1.807) is 0 Å². The Balaban J connectivity index is 1.72. The molecule has 2 aliphatic rings. The van der Waals surface area contributed by atoms with Crippen molar-refractivity contribution in [2.75, 3.05) is 0 Å². The van der Waals surface area contributed by atoms with Gasteiger partial charge in [-0.15, -0.1) is 11.8 Å². The van der Waals surface area contributed by atoms with Crippen LogP contribution in [0.25, 0.3) is 0 Å². The van der Waals surface area contributed by atoms with Crippen LogP contribution >= 0.6 is 0 Å². The molecule has 1 heteroatoms. The minimum atomic E-state index is 0.414. The first-order valence-corrected chi connectivity index (χ1v) is 5.96. The average Bonchev–Trinajstić information content (AvgIpc) is 2.95. The fraction of sp³-hybridized carbons (Fsp3) is 0.846. The Kier molecular flexibility index (Phi) is 3.13. The molecule has 2 rings (SSSR count). The summed E-state index contributed by atoms with van der Waals surface area (Å²) < 4.78 is 0. The van der Waals surface area contributed by atoms with Crippen LogP contribution in [0.15, 0.2) is 0 Å². The lowest BCUT2D eigenvalue weighted by Crippen LogP contribution is -2.32. The van der Waals surface area contributed by atoms with Gasteiger partial charge in [-0.2, -0.15) is 0 Å². The largest absolute Gasteiger partial charge is 0.327 e. The van der Waals surface area contributed by atoms with Crippen LogP contribution in [0.4, 0.5) is 0 Å². The monoisotopic (exact) mass is 191 g/mol. The van der Waals surface area contributed by atoms with E-state index in [0.717, 1.165) is 30.6 Å². The van der Waals surface area contributed by atoms with Gasteiger partial charge in [0.25, 0.3) is 0 Å². The van der Waals surface area contributed by atoms with Crippen molar-refractivity contribution < 1.29 is 0 Å². The SMILES string of the molecule is CC#CCCC(N)C1CCC2CC2C1. The number of fused-ring (bicyclic) bond motifs is 1. The molecule has 0 aliphatic heterocycles. The van der Waals surface area contributed by atoms with Gasteiger partial charge in [-0.1, -0.05) is 0 Å². The molecule has 4 unspecified atom stereocenters. The normalized spacial score (nSPS) is 36.6. The highest BCUT2D eigenvalue weighted by Gasteiger charge is 2.42. The maximum Gasteiger partial charge on any atom is 0.0103 e. The lowest BCUT2D eigenvalue weighted by molar-refractivity contribution is 0.285. The van der Waals surface area contributed by atoms with Gasteiger partial charge in [0.15, 0.2) is 0 Å². The van der Waals surface area contributed by atoms with E-state index in [9.17, 15) is 0 Å². The van der Waals surface area contributed by atoms with Crippen molar-refractivity contribution in [3.05, 3.63) is 0 Å². The number of rotatable bonds is 3. The minimum Gasteiger partial charge on any atom is -0.327 e. The second-order valence-corrected chi connectivity index (χ2v) is 4.96. The lowest BCUT2D eigenvalue weighted by Gasteiger charge is -2.26. The predicted octanol–water partition coefficient (Wildman–Crippen LogP) is 2.55. The van der Waals surface area contributed by atoms with Gasteiger partial charge < -0.3 is 5.73 Å². The molecule has 2 saturated carbocycles. The Labute approximate surface area is 87.4 Å². The smallest absolute Gasteiger partial charge is 0.0103 e. The first kappa shape index (κ1) is 10.1. The summed E-state index contributed by atoms with van der Waals surface area (Å²) in [6, 6.07) is 0.414. The van der Waals surface area contributed by atoms with Crippen LogP contribution in [-0.2, 0) is 0 Å². The highest BCUT2D eigenvalue weighted by atomic mass is 14.7. The van der Waals surface area contributed by atoms with E-state index in [1.807, 2.05) is 6.92 Å². The van der Waals surface area contributed by atoms with Crippen LogP contribution in [-0.4, -0.2) is 6.04 Å². The van der Waals surface area contributed by atoms with Crippen LogP contribution in [0, 0.1) is 29.6 Å². The molecular formula is C13H21N. The molecule has 0 aromatic heterocycles. The summed E-state index contributed by atoms with van der Waals surface area (Å²) in [6.07, 6.45) is 7.82. The van der Waals surface area contributed by atoms with Crippen molar-refractivity contribution in [1.29, 1.82) is 0 Å². The Morgan fingerprint density at radius 3 is 2.86 bits per heavy atom. The fourth-order valence-electron chi connectivity index (χ4n) is 2.88. The third-order valence-corrected chi connectivity index (χ3v) is 3.97. The molecule has 0 saturated heterocycles. The van der Waals surface area contributed by atoms with Gasteiger partial charge in [-0.3, -0.25) is 0 Å². The Hall–Kier alpha value is -0.480. The Morgan fingerprint density at radius 2 is 2.14 bits per heavy atom. The Bertz CT molecular complexity index is 248. The summed E-state index contributed by atoms with van der Waals surface area (Å²) in [4.78, 5) is 0. The van der Waals surface area contributed by atoms with E-state index in [1.165, 1.54) is 25.7 Å². The molecule has 0 spiro atoms. The van der Waals surface area contributed by atoms with Crippen LogP contribution < -0.4 is 5.73 Å². The molecule has 0 radical (unpaired) electrons. The van der Waals surface area contributed by atoms with Gasteiger partial charge in [0.1, 0.15) is 0 Å². The van der Waals surface area contributed by atoms with Crippen molar-refractivity contribution >= 4 is 0 Å². The third-order valence-electron chi connectivity index (χ3n) is 3.97. The summed E-state index contributed by atoms with van der Waals surface area (Å²) in [5.41, 5.74) is 6.20. The van der Waals surface area contributed by atoms with E-state index in [4.69, 9.17) is 5.73 Å². The maximum absolute atomic E-state index is 6.20. The molecule has 0 aromatic rings. The lowest BCUT2D eigenvalue weighted by atomic mass is 9.83. The summed E-state index contributed by atoms with van der Waals surface area (Å²) in [5, 5.41) is 0. The van der Waals surface area contributed by atoms with Crippen molar-refractivity contribution in [2.45, 2.75) is 51.5 Å². The predicted molar refractivity (Wildman–Crippen MR) is 59.6 cm³/mol. The van der Waals surface area contributed by atoms with Crippen molar-refractivity contribution in [1.82, 2.24) is 0 Å². The highest BCUT2D eigenvalue weighted by molar-refractivity contribution is 4.98. The van der Waals surface area contributed by atoms with E-state index in [2.05, 4.69) is 11.8 Å². The van der Waals surface area contributed by atoms with Crippen LogP contribution in [0.1, 0.15) is 45.4 Å². The third kappa shape index (κ3) is 2.30. The standard InChI is InChI=1S/C13H21N/c1-2-3-4-5-13(14)11-7-6-10-8-12(10)9-11/h10-13H,4-9,14H2,1H3. The molecule has 0 aromatic carbocycles. The molecule has 78 valence electrons. The fourth-order valence-corrected chi connectivity index (χ4v) is 2.88. The topological polar surface area (TPSA) is 26.0 Å². The second kappa shape index (κ2) is 4.36. The zero-order valence-electron chi connectivity index (χ0n) is 9.13. The van der Waals surface area contributed by atoms with Crippen molar-refractivity contribution in [3.63, 3.8) is 0 Å². The molecule has 0 bridgehead atoms. The van der Waals surface area contributed by atoms with Gasteiger partial charge in [-0.05, 0) is 56.8 Å². The van der Waals surface area contributed by atoms with Gasteiger partial charge >= 0.3 is 0 Å². The molecule has 2 N–H and O–H groups in total. The summed E-state index contributed by atoms with van der Waals surface area (Å²) >= 11 is 0. The zero-order valence-corrected chi connectivity index (χ0v) is 9.13. The molecule has 0 heterocycles. The van der Waals surface area contributed by atoms with Gasteiger partial charge in [0.2, 0.25) is 0 Å². The molecule has 4 atom stereocenters. The Morgan fingerprint density at radius 1 is 1.29 bits per heavy atom. The number of hydrogen-bond acceptors (Lipinski definition) is 1. The van der Waals surface area contributed by atoms with Gasteiger partial charge in [0, 0.05) is 12.5 Å². The molecule has 0 amide bonds. The molecule has 2 fully saturated rings. The van der Waals surface area contributed by atoms with Crippen molar-refractivity contribution in [2.24, 2.45) is 23.5 Å². The number of nitrogens with two attached hydrogens (primary N) is 1. The van der Waals surface area contributed by atoms with E-state index >= 15 is 0 Å². The van der Waals surface area contributed by atoms with Crippen LogP contribution in [0.3, 0.4) is 0 Å². The first-order valence-electron chi connectivity index (χ1n) is 5.96. The van der Waals surface area contributed by atoms with Crippen LogP contribution in [0.5, 0.6) is 0 Å². The van der Waals surface area contributed by atoms with E-state index in [0.29, 0.717) is 6.04 Å². The highest BCUT2D eigenvalue weighted by Crippen LogP contribution is 2.52. The van der Waals surface area contributed by atoms with Crippen molar-refractivity contribution in [3.8, 4) is 11.8 Å².